The summed E-state index contributed by atoms with van der Waals surface area (Å²) < 4.78 is 22.0. The van der Waals surface area contributed by atoms with Crippen molar-refractivity contribution in [2.24, 2.45) is 0 Å². The summed E-state index contributed by atoms with van der Waals surface area (Å²) in [5.74, 6) is 0.670. The number of nitrogens with one attached hydrogen (secondary N) is 1. The number of hydrogen-bond acceptors (Lipinski definition) is 3. The molecule has 34 heavy (non-hydrogen) atoms. The van der Waals surface area contributed by atoms with Crippen LogP contribution in [-0.4, -0.2) is 36.7 Å². The molecule has 0 aromatic heterocycles. The van der Waals surface area contributed by atoms with E-state index < -0.39 is 0 Å². The monoisotopic (exact) mass is 458 g/mol. The van der Waals surface area contributed by atoms with Crippen molar-refractivity contribution in [3.63, 3.8) is 0 Å². The minimum Gasteiger partial charge on any atom is -0.493 e. The Morgan fingerprint density at radius 1 is 1.00 bits per heavy atom. The summed E-state index contributed by atoms with van der Waals surface area (Å²) >= 11 is 0. The highest BCUT2D eigenvalue weighted by Crippen LogP contribution is 2.36. The predicted octanol–water partition coefficient (Wildman–Crippen LogP) is 6.37. The van der Waals surface area contributed by atoms with E-state index in [-0.39, 0.29) is 5.82 Å². The molecule has 1 N–H and O–H groups in total. The lowest BCUT2D eigenvalue weighted by molar-refractivity contribution is 0.0123. The maximum absolute atomic E-state index is 15.8. The van der Waals surface area contributed by atoms with Crippen LogP contribution in [0.4, 0.5) is 4.39 Å². The second-order valence-electron chi connectivity index (χ2n) is 10.3. The molecule has 2 aliphatic heterocycles. The summed E-state index contributed by atoms with van der Waals surface area (Å²) in [5.41, 5.74) is 7.05. The molecule has 1 saturated heterocycles. The highest BCUT2D eigenvalue weighted by atomic mass is 19.1. The van der Waals surface area contributed by atoms with Gasteiger partial charge >= 0.3 is 0 Å². The van der Waals surface area contributed by atoms with Crippen molar-refractivity contribution in [3.05, 3.63) is 77.1 Å². The van der Waals surface area contributed by atoms with Crippen molar-refractivity contribution in [2.45, 2.75) is 52.1 Å². The Morgan fingerprint density at radius 3 is 2.59 bits per heavy atom. The van der Waals surface area contributed by atoms with Gasteiger partial charge in [-0.1, -0.05) is 48.5 Å². The Hall–Kier alpha value is -2.69. The molecule has 5 rings (SSSR count). The van der Waals surface area contributed by atoms with Gasteiger partial charge in [0.05, 0.1) is 6.61 Å². The maximum atomic E-state index is 15.8. The molecule has 3 aromatic rings. The van der Waals surface area contributed by atoms with E-state index in [4.69, 9.17) is 4.74 Å². The van der Waals surface area contributed by atoms with Gasteiger partial charge in [0.1, 0.15) is 11.6 Å². The van der Waals surface area contributed by atoms with Crippen molar-refractivity contribution in [1.82, 2.24) is 10.2 Å². The van der Waals surface area contributed by atoms with E-state index in [1.165, 1.54) is 24.1 Å². The number of fused-ring (bicyclic) bond motifs is 1. The van der Waals surface area contributed by atoms with E-state index in [1.54, 1.807) is 0 Å². The second-order valence-corrected chi connectivity index (χ2v) is 10.3. The molecule has 0 atom stereocenters. The van der Waals surface area contributed by atoms with Gasteiger partial charge in [-0.15, -0.1) is 0 Å². The van der Waals surface area contributed by atoms with Crippen LogP contribution < -0.4 is 10.1 Å². The number of likely N-dealkylation sites (tertiary alicyclic amines) is 1. The van der Waals surface area contributed by atoms with Crippen molar-refractivity contribution in [3.8, 4) is 28.0 Å². The summed E-state index contributed by atoms with van der Waals surface area (Å²) in [6.07, 6.45) is 3.24. The summed E-state index contributed by atoms with van der Waals surface area (Å²) in [6, 6.07) is 18.0. The molecule has 178 valence electrons. The first kappa shape index (κ1) is 23.1. The van der Waals surface area contributed by atoms with Gasteiger partial charge < -0.3 is 10.1 Å². The molecule has 2 heterocycles. The number of hydrogen-bond donors (Lipinski definition) is 1. The van der Waals surface area contributed by atoms with E-state index in [0.717, 1.165) is 54.9 Å². The fourth-order valence-corrected chi connectivity index (χ4v) is 5.24. The molecule has 0 unspecified atom stereocenters. The van der Waals surface area contributed by atoms with Gasteiger partial charge in [0, 0.05) is 36.3 Å². The van der Waals surface area contributed by atoms with Crippen LogP contribution in [-0.2, 0) is 13.0 Å². The zero-order valence-corrected chi connectivity index (χ0v) is 20.6. The first-order valence-electron chi connectivity index (χ1n) is 12.5. The minimum absolute atomic E-state index is 0.170. The lowest BCUT2D eigenvalue weighted by Gasteiger charge is -2.48. The standard InChI is InChI=1S/C30H35FN2O/c1-21-25(7-5-10-28(21)34-18-6-16-33-17-14-30(33,2)3)27-9-4-8-26(29(27)31)23-11-12-24-20-32-15-13-22(24)19-23/h4-5,7-12,19,32H,6,13-18,20H2,1-3H3. The third-order valence-corrected chi connectivity index (χ3v) is 7.66. The van der Waals surface area contributed by atoms with Crippen LogP contribution in [0.5, 0.6) is 5.75 Å². The minimum atomic E-state index is -0.170. The Morgan fingerprint density at radius 2 is 1.79 bits per heavy atom. The van der Waals surface area contributed by atoms with Crippen LogP contribution in [0.3, 0.4) is 0 Å². The van der Waals surface area contributed by atoms with E-state index >= 15 is 4.39 Å². The molecule has 2 aliphatic rings. The van der Waals surface area contributed by atoms with E-state index in [1.807, 2.05) is 49.4 Å². The van der Waals surface area contributed by atoms with E-state index in [2.05, 4.69) is 36.2 Å². The fraction of sp³-hybridized carbons (Fsp3) is 0.400. The van der Waals surface area contributed by atoms with Crippen molar-refractivity contribution < 1.29 is 9.13 Å². The lowest BCUT2D eigenvalue weighted by atomic mass is 9.89. The Labute approximate surface area is 203 Å². The zero-order chi connectivity index (χ0) is 23.7. The third-order valence-electron chi connectivity index (χ3n) is 7.66. The molecule has 0 saturated carbocycles. The number of benzene rings is 3. The lowest BCUT2D eigenvalue weighted by Crippen LogP contribution is -2.55. The van der Waals surface area contributed by atoms with Crippen LogP contribution in [0.2, 0.25) is 0 Å². The van der Waals surface area contributed by atoms with Crippen molar-refractivity contribution in [2.75, 3.05) is 26.2 Å². The van der Waals surface area contributed by atoms with Gasteiger partial charge in [0.2, 0.25) is 0 Å². The maximum Gasteiger partial charge on any atom is 0.138 e. The number of ether oxygens (including phenoxy) is 1. The number of nitrogens with zero attached hydrogens (tertiary/aromatic N) is 1. The summed E-state index contributed by atoms with van der Waals surface area (Å²) in [4.78, 5) is 2.51. The van der Waals surface area contributed by atoms with Crippen molar-refractivity contribution in [1.29, 1.82) is 0 Å². The smallest absolute Gasteiger partial charge is 0.138 e. The highest BCUT2D eigenvalue weighted by molar-refractivity contribution is 5.77. The molecule has 3 nitrogen and oxygen atoms in total. The zero-order valence-electron chi connectivity index (χ0n) is 20.6. The largest absolute Gasteiger partial charge is 0.493 e. The van der Waals surface area contributed by atoms with Crippen LogP contribution in [0.15, 0.2) is 54.6 Å². The Kier molecular flexibility index (Phi) is 6.46. The Balaban J connectivity index is 1.35. The molecule has 4 heteroatoms. The quantitative estimate of drug-likeness (QED) is 0.417. The molecule has 3 aromatic carbocycles. The van der Waals surface area contributed by atoms with Gasteiger partial charge in [0.15, 0.2) is 0 Å². The topological polar surface area (TPSA) is 24.5 Å². The van der Waals surface area contributed by atoms with Crippen LogP contribution in [0.1, 0.15) is 43.4 Å². The Bertz CT molecular complexity index is 1190. The predicted molar refractivity (Wildman–Crippen MR) is 138 cm³/mol. The molecule has 0 amide bonds. The first-order chi connectivity index (χ1) is 16.4. The number of rotatable bonds is 7. The number of halogens is 1. The van der Waals surface area contributed by atoms with Crippen molar-refractivity contribution >= 4 is 0 Å². The average molecular weight is 459 g/mol. The SMILES string of the molecule is Cc1c(OCCCN2CCC2(C)C)cccc1-c1cccc(-c2ccc3c(c2)CCNC3)c1F. The van der Waals surface area contributed by atoms with E-state index in [9.17, 15) is 0 Å². The normalized spacial score (nSPS) is 17.2. The molecule has 0 radical (unpaired) electrons. The van der Waals surface area contributed by atoms with Gasteiger partial charge in [-0.25, -0.2) is 4.39 Å². The first-order valence-corrected chi connectivity index (χ1v) is 12.5. The van der Waals surface area contributed by atoms with E-state index in [0.29, 0.717) is 23.3 Å². The van der Waals surface area contributed by atoms with Gasteiger partial charge in [-0.3, -0.25) is 4.90 Å². The summed E-state index contributed by atoms with van der Waals surface area (Å²) in [6.45, 7) is 11.4. The molecular formula is C30H35FN2O. The average Bonchev–Trinajstić information content (AvgIpc) is 2.84. The van der Waals surface area contributed by atoms with Gasteiger partial charge in [-0.2, -0.15) is 0 Å². The molecule has 0 bridgehead atoms. The molecule has 1 fully saturated rings. The van der Waals surface area contributed by atoms with Crippen LogP contribution in [0, 0.1) is 12.7 Å². The van der Waals surface area contributed by atoms with Crippen LogP contribution in [0.25, 0.3) is 22.3 Å². The summed E-state index contributed by atoms with van der Waals surface area (Å²) in [7, 11) is 0. The van der Waals surface area contributed by atoms with Crippen LogP contribution >= 0.6 is 0 Å². The highest BCUT2D eigenvalue weighted by Gasteiger charge is 2.34. The fourth-order valence-electron chi connectivity index (χ4n) is 5.24. The molecule has 0 spiro atoms. The second kappa shape index (κ2) is 9.52. The summed E-state index contributed by atoms with van der Waals surface area (Å²) in [5, 5.41) is 3.40. The molecule has 0 aliphatic carbocycles. The molecular weight excluding hydrogens is 423 g/mol. The third kappa shape index (κ3) is 4.49. The van der Waals surface area contributed by atoms with Gasteiger partial charge in [-0.05, 0) is 80.5 Å². The van der Waals surface area contributed by atoms with Gasteiger partial charge in [0.25, 0.3) is 0 Å².